The zero-order chi connectivity index (χ0) is 18.5. The van der Waals surface area contributed by atoms with Crippen LogP contribution >= 0.6 is 11.3 Å². The van der Waals surface area contributed by atoms with E-state index in [1.54, 1.807) is 18.2 Å². The minimum absolute atomic E-state index is 0.0275. The molecule has 1 N–H and O–H groups in total. The summed E-state index contributed by atoms with van der Waals surface area (Å²) in [4.78, 5) is 19.9. The molecule has 1 saturated heterocycles. The average molecular weight is 377 g/mol. The number of hydrogen-bond donors (Lipinski definition) is 1. The molecular formula is C19H24FN3O2S. The summed E-state index contributed by atoms with van der Waals surface area (Å²) >= 11 is 1.40. The number of ether oxygens (including phenoxy) is 1. The monoisotopic (exact) mass is 377 g/mol. The highest BCUT2D eigenvalue weighted by atomic mass is 32.1. The van der Waals surface area contributed by atoms with Crippen LogP contribution in [0.4, 0.5) is 9.52 Å². The number of benzene rings is 1. The third-order valence-corrected chi connectivity index (χ3v) is 5.54. The number of thiazole rings is 1. The van der Waals surface area contributed by atoms with E-state index in [1.165, 1.54) is 17.4 Å². The van der Waals surface area contributed by atoms with Gasteiger partial charge in [-0.25, -0.2) is 9.37 Å². The van der Waals surface area contributed by atoms with Gasteiger partial charge in [0.15, 0.2) is 16.7 Å². The molecule has 140 valence electrons. The topological polar surface area (TPSA) is 54.5 Å². The van der Waals surface area contributed by atoms with Crippen LogP contribution in [0, 0.1) is 18.7 Å². The van der Waals surface area contributed by atoms with E-state index in [0.29, 0.717) is 18.0 Å². The number of piperidine rings is 1. The number of likely N-dealkylation sites (tertiary alicyclic amines) is 1. The molecule has 0 bridgehead atoms. The van der Waals surface area contributed by atoms with Crippen LogP contribution in [0.5, 0.6) is 5.75 Å². The number of anilines is 1. The molecule has 5 nitrogen and oxygen atoms in total. The standard InChI is InChI=1S/C19H24FN3O2S/c1-3-21-19-22-13(2)17(26-19)18(24)23-10-6-7-14(11-23)12-25-16-9-5-4-8-15(16)20/h4-5,8-9,14H,3,6-7,10-12H2,1-2H3,(H,21,22). The lowest BCUT2D eigenvalue weighted by Gasteiger charge is -2.32. The fourth-order valence-electron chi connectivity index (χ4n) is 3.12. The van der Waals surface area contributed by atoms with Gasteiger partial charge in [0.25, 0.3) is 5.91 Å². The molecule has 26 heavy (non-hydrogen) atoms. The van der Waals surface area contributed by atoms with Gasteiger partial charge in [0.1, 0.15) is 4.88 Å². The van der Waals surface area contributed by atoms with Crippen LogP contribution in [0.15, 0.2) is 24.3 Å². The van der Waals surface area contributed by atoms with Gasteiger partial charge < -0.3 is 15.0 Å². The molecule has 0 spiro atoms. The smallest absolute Gasteiger partial charge is 0.265 e. The van der Waals surface area contributed by atoms with E-state index in [4.69, 9.17) is 4.74 Å². The van der Waals surface area contributed by atoms with Crippen molar-refractivity contribution in [1.82, 2.24) is 9.88 Å². The Bertz CT molecular complexity index is 765. The van der Waals surface area contributed by atoms with Crippen LogP contribution in [0.25, 0.3) is 0 Å². The summed E-state index contributed by atoms with van der Waals surface area (Å²) in [5.74, 6) is 0.144. The number of amides is 1. The van der Waals surface area contributed by atoms with Crippen molar-refractivity contribution in [2.75, 3.05) is 31.6 Å². The molecule has 1 aliphatic heterocycles. The summed E-state index contributed by atoms with van der Waals surface area (Å²) in [5, 5.41) is 3.94. The first-order chi connectivity index (χ1) is 12.6. The third-order valence-electron chi connectivity index (χ3n) is 4.44. The maximum absolute atomic E-state index is 13.7. The van der Waals surface area contributed by atoms with E-state index in [0.717, 1.165) is 36.8 Å². The average Bonchev–Trinajstić information content (AvgIpc) is 3.01. The maximum atomic E-state index is 13.7. The van der Waals surface area contributed by atoms with E-state index in [-0.39, 0.29) is 23.4 Å². The van der Waals surface area contributed by atoms with Gasteiger partial charge in [-0.1, -0.05) is 23.5 Å². The van der Waals surface area contributed by atoms with Crippen molar-refractivity contribution in [2.24, 2.45) is 5.92 Å². The van der Waals surface area contributed by atoms with E-state index in [9.17, 15) is 9.18 Å². The van der Waals surface area contributed by atoms with Crippen molar-refractivity contribution in [3.8, 4) is 5.75 Å². The summed E-state index contributed by atoms with van der Waals surface area (Å²) in [7, 11) is 0. The Morgan fingerprint density at radius 2 is 2.27 bits per heavy atom. The zero-order valence-electron chi connectivity index (χ0n) is 15.1. The predicted octanol–water partition coefficient (Wildman–Crippen LogP) is 3.95. The van der Waals surface area contributed by atoms with Gasteiger partial charge >= 0.3 is 0 Å². The van der Waals surface area contributed by atoms with Crippen molar-refractivity contribution >= 4 is 22.4 Å². The predicted molar refractivity (Wildman–Crippen MR) is 102 cm³/mol. The second-order valence-electron chi connectivity index (χ2n) is 6.46. The maximum Gasteiger partial charge on any atom is 0.265 e. The van der Waals surface area contributed by atoms with Gasteiger partial charge in [-0.05, 0) is 38.8 Å². The van der Waals surface area contributed by atoms with Crippen LogP contribution in [-0.2, 0) is 0 Å². The Balaban J connectivity index is 1.61. The quantitative estimate of drug-likeness (QED) is 0.828. The number of carbonyl (C=O) groups excluding carboxylic acids is 1. The highest BCUT2D eigenvalue weighted by molar-refractivity contribution is 7.17. The van der Waals surface area contributed by atoms with Crippen LogP contribution in [0.3, 0.4) is 0 Å². The fourth-order valence-corrected chi connectivity index (χ4v) is 4.12. The van der Waals surface area contributed by atoms with Crippen molar-refractivity contribution in [1.29, 1.82) is 0 Å². The van der Waals surface area contributed by atoms with Crippen molar-refractivity contribution in [2.45, 2.75) is 26.7 Å². The first-order valence-electron chi connectivity index (χ1n) is 8.96. The first-order valence-corrected chi connectivity index (χ1v) is 9.78. The minimum Gasteiger partial charge on any atom is -0.490 e. The second-order valence-corrected chi connectivity index (χ2v) is 7.46. The number of halogens is 1. The number of nitrogens with zero attached hydrogens (tertiary/aromatic N) is 2. The Kier molecular flexibility index (Phi) is 6.08. The molecule has 1 amide bonds. The lowest BCUT2D eigenvalue weighted by Crippen LogP contribution is -2.41. The molecule has 2 heterocycles. The summed E-state index contributed by atoms with van der Waals surface area (Å²) in [6.45, 7) is 6.43. The molecule has 0 aliphatic carbocycles. The van der Waals surface area contributed by atoms with Crippen molar-refractivity contribution in [3.63, 3.8) is 0 Å². The molecule has 1 aromatic carbocycles. The van der Waals surface area contributed by atoms with Gasteiger partial charge in [-0.3, -0.25) is 4.79 Å². The summed E-state index contributed by atoms with van der Waals surface area (Å²) in [6.07, 6.45) is 1.90. The highest BCUT2D eigenvalue weighted by Gasteiger charge is 2.27. The summed E-state index contributed by atoms with van der Waals surface area (Å²) in [5.41, 5.74) is 0.765. The molecule has 2 aromatic rings. The van der Waals surface area contributed by atoms with Crippen LogP contribution in [-0.4, -0.2) is 42.0 Å². The SMILES string of the molecule is CCNc1nc(C)c(C(=O)N2CCCC(COc3ccccc3F)C2)s1. The lowest BCUT2D eigenvalue weighted by molar-refractivity contribution is 0.0635. The first kappa shape index (κ1) is 18.6. The highest BCUT2D eigenvalue weighted by Crippen LogP contribution is 2.27. The van der Waals surface area contributed by atoms with Gasteiger partial charge in [0, 0.05) is 25.6 Å². The normalized spacial score (nSPS) is 17.2. The second kappa shape index (κ2) is 8.49. The Morgan fingerprint density at radius 3 is 3.04 bits per heavy atom. The van der Waals surface area contributed by atoms with Gasteiger partial charge in [0.05, 0.1) is 12.3 Å². The number of aromatic nitrogens is 1. The van der Waals surface area contributed by atoms with E-state index in [2.05, 4.69) is 10.3 Å². The van der Waals surface area contributed by atoms with Crippen molar-refractivity contribution in [3.05, 3.63) is 40.7 Å². The van der Waals surface area contributed by atoms with E-state index in [1.807, 2.05) is 18.7 Å². The van der Waals surface area contributed by atoms with Crippen LogP contribution in [0.1, 0.15) is 35.1 Å². The molecule has 7 heteroatoms. The fraction of sp³-hybridized carbons (Fsp3) is 0.474. The molecular weight excluding hydrogens is 353 g/mol. The number of hydrogen-bond acceptors (Lipinski definition) is 5. The molecule has 0 saturated carbocycles. The molecule has 1 unspecified atom stereocenters. The van der Waals surface area contributed by atoms with Crippen LogP contribution < -0.4 is 10.1 Å². The summed E-state index contributed by atoms with van der Waals surface area (Å²) < 4.78 is 19.3. The minimum atomic E-state index is -0.354. The number of aryl methyl sites for hydroxylation is 1. The Labute approximate surface area is 157 Å². The number of nitrogens with one attached hydrogen (secondary N) is 1. The molecule has 1 aromatic heterocycles. The van der Waals surface area contributed by atoms with Gasteiger partial charge in [-0.15, -0.1) is 0 Å². The van der Waals surface area contributed by atoms with E-state index < -0.39 is 0 Å². The number of para-hydroxylation sites is 1. The molecule has 1 aliphatic rings. The molecule has 0 radical (unpaired) electrons. The zero-order valence-corrected chi connectivity index (χ0v) is 15.9. The van der Waals surface area contributed by atoms with Crippen LogP contribution in [0.2, 0.25) is 0 Å². The van der Waals surface area contributed by atoms with Gasteiger partial charge in [-0.2, -0.15) is 0 Å². The molecule has 3 rings (SSSR count). The number of carbonyl (C=O) groups is 1. The molecule has 1 fully saturated rings. The summed E-state index contributed by atoms with van der Waals surface area (Å²) in [6, 6.07) is 6.41. The molecule has 1 atom stereocenters. The lowest BCUT2D eigenvalue weighted by atomic mass is 9.98. The van der Waals surface area contributed by atoms with Gasteiger partial charge in [0.2, 0.25) is 0 Å². The largest absolute Gasteiger partial charge is 0.490 e. The Morgan fingerprint density at radius 1 is 1.46 bits per heavy atom. The number of rotatable bonds is 6. The third kappa shape index (κ3) is 4.33. The Hall–Kier alpha value is -2.15. The van der Waals surface area contributed by atoms with Crippen molar-refractivity contribution < 1.29 is 13.9 Å². The van der Waals surface area contributed by atoms with E-state index >= 15 is 0 Å².